The number of rotatable bonds is 2. The standard InChI is InChI=1S/C10H12F2N2O4S/c1-9(11)6(17)10(12,4-15)18-7(9)14-3-2-5(16)13-8(14)19/h2-3,6-7,15,17H,4H2,1H3,(H,13,16,19)/t6-,7-,9?,10-/m1/s1. The number of ether oxygens (including phenoxy) is 1. The van der Waals surface area contributed by atoms with Crippen LogP contribution in [0.4, 0.5) is 8.78 Å². The van der Waals surface area contributed by atoms with Gasteiger partial charge >= 0.3 is 0 Å². The third-order valence-electron chi connectivity index (χ3n) is 3.05. The summed E-state index contributed by atoms with van der Waals surface area (Å²) in [6, 6.07) is 1.05. The molecule has 1 saturated heterocycles. The molecule has 0 amide bonds. The van der Waals surface area contributed by atoms with Gasteiger partial charge in [0, 0.05) is 12.3 Å². The van der Waals surface area contributed by atoms with Gasteiger partial charge in [0.15, 0.2) is 22.8 Å². The fraction of sp³-hybridized carbons (Fsp3) is 0.600. The van der Waals surface area contributed by atoms with Gasteiger partial charge in [-0.25, -0.2) is 8.78 Å². The molecule has 2 heterocycles. The predicted octanol–water partition coefficient (Wildman–Crippen LogP) is 0.182. The monoisotopic (exact) mass is 294 g/mol. The van der Waals surface area contributed by atoms with Crippen molar-refractivity contribution in [2.45, 2.75) is 30.8 Å². The van der Waals surface area contributed by atoms with Gasteiger partial charge in [0.25, 0.3) is 11.4 Å². The lowest BCUT2D eigenvalue weighted by Crippen LogP contribution is -2.46. The van der Waals surface area contributed by atoms with Crippen molar-refractivity contribution in [2.75, 3.05) is 6.61 Å². The Kier molecular flexibility index (Phi) is 3.33. The number of nitrogens with one attached hydrogen (secondary N) is 1. The van der Waals surface area contributed by atoms with E-state index in [-0.39, 0.29) is 4.77 Å². The van der Waals surface area contributed by atoms with Crippen LogP contribution in [0.5, 0.6) is 0 Å². The Balaban J connectivity index is 2.51. The summed E-state index contributed by atoms with van der Waals surface area (Å²) in [7, 11) is 0. The van der Waals surface area contributed by atoms with Gasteiger partial charge in [-0.15, -0.1) is 0 Å². The molecule has 0 aromatic carbocycles. The molecule has 19 heavy (non-hydrogen) atoms. The van der Waals surface area contributed by atoms with Crippen LogP contribution in [-0.2, 0) is 4.74 Å². The highest BCUT2D eigenvalue weighted by Gasteiger charge is 2.64. The van der Waals surface area contributed by atoms with Crippen LogP contribution in [-0.4, -0.2) is 44.0 Å². The zero-order valence-corrected chi connectivity index (χ0v) is 10.7. The lowest BCUT2D eigenvalue weighted by atomic mass is 9.97. The smallest absolute Gasteiger partial charge is 0.263 e. The SMILES string of the molecule is CC1(F)[C@@H](O)[C@@](F)(CO)O[C@H]1n1ccc(=O)[nH]c1=S. The Morgan fingerprint density at radius 3 is 2.74 bits per heavy atom. The highest BCUT2D eigenvalue weighted by atomic mass is 32.1. The van der Waals surface area contributed by atoms with E-state index >= 15 is 0 Å². The lowest BCUT2D eigenvalue weighted by Gasteiger charge is -2.25. The molecule has 106 valence electrons. The van der Waals surface area contributed by atoms with Crippen molar-refractivity contribution in [2.24, 2.45) is 0 Å². The number of alkyl halides is 2. The molecule has 1 aliphatic rings. The molecule has 0 spiro atoms. The van der Waals surface area contributed by atoms with E-state index in [1.54, 1.807) is 0 Å². The number of halogens is 2. The first kappa shape index (κ1) is 14.3. The molecule has 2 rings (SSSR count). The minimum atomic E-state index is -2.93. The van der Waals surface area contributed by atoms with Crippen molar-refractivity contribution in [3.8, 4) is 0 Å². The molecule has 1 aliphatic heterocycles. The first-order valence-electron chi connectivity index (χ1n) is 5.38. The number of aromatic amines is 1. The molecule has 1 aromatic heterocycles. The predicted molar refractivity (Wildman–Crippen MR) is 62.5 cm³/mol. The molecular formula is C10H12F2N2O4S. The molecule has 9 heteroatoms. The maximum absolute atomic E-state index is 14.4. The van der Waals surface area contributed by atoms with E-state index in [4.69, 9.17) is 22.1 Å². The molecule has 3 N–H and O–H groups in total. The molecule has 0 radical (unpaired) electrons. The summed E-state index contributed by atoms with van der Waals surface area (Å²) in [4.78, 5) is 13.3. The van der Waals surface area contributed by atoms with Crippen LogP contribution in [0.3, 0.4) is 0 Å². The van der Waals surface area contributed by atoms with Gasteiger partial charge in [0.1, 0.15) is 6.61 Å². The van der Waals surface area contributed by atoms with Crippen LogP contribution in [0.25, 0.3) is 0 Å². The van der Waals surface area contributed by atoms with Crippen LogP contribution in [0.1, 0.15) is 13.2 Å². The fourth-order valence-corrected chi connectivity index (χ4v) is 2.24. The van der Waals surface area contributed by atoms with Gasteiger partial charge in [-0.2, -0.15) is 0 Å². The Labute approximate surface area is 111 Å². The summed E-state index contributed by atoms with van der Waals surface area (Å²) in [5.41, 5.74) is -3.04. The van der Waals surface area contributed by atoms with Gasteiger partial charge in [-0.1, -0.05) is 0 Å². The lowest BCUT2D eigenvalue weighted by molar-refractivity contribution is -0.207. The molecule has 4 atom stereocenters. The summed E-state index contributed by atoms with van der Waals surface area (Å²) in [6.07, 6.45) is -2.67. The van der Waals surface area contributed by atoms with Crippen LogP contribution < -0.4 is 5.56 Å². The molecule has 0 bridgehead atoms. The highest BCUT2D eigenvalue weighted by molar-refractivity contribution is 7.71. The summed E-state index contributed by atoms with van der Waals surface area (Å²) in [5.74, 6) is -2.93. The molecule has 1 aromatic rings. The van der Waals surface area contributed by atoms with Crippen molar-refractivity contribution in [1.82, 2.24) is 9.55 Å². The van der Waals surface area contributed by atoms with Gasteiger partial charge < -0.3 is 14.9 Å². The van der Waals surface area contributed by atoms with Crippen LogP contribution in [0, 0.1) is 4.77 Å². The fourth-order valence-electron chi connectivity index (χ4n) is 1.99. The van der Waals surface area contributed by atoms with Gasteiger partial charge in [0.05, 0.1) is 0 Å². The summed E-state index contributed by atoms with van der Waals surface area (Å²) >= 11 is 4.82. The normalized spacial score (nSPS) is 38.6. The number of hydrogen-bond donors (Lipinski definition) is 3. The van der Waals surface area contributed by atoms with E-state index in [9.17, 15) is 18.7 Å². The van der Waals surface area contributed by atoms with E-state index in [1.807, 2.05) is 0 Å². The number of nitrogens with zero attached hydrogens (tertiary/aromatic N) is 1. The van der Waals surface area contributed by atoms with Gasteiger partial charge in [0.2, 0.25) is 0 Å². The average Bonchev–Trinajstić information content (AvgIpc) is 2.51. The first-order chi connectivity index (χ1) is 8.72. The van der Waals surface area contributed by atoms with Gasteiger partial charge in [-0.3, -0.25) is 14.3 Å². The zero-order valence-electron chi connectivity index (χ0n) is 9.84. The number of aliphatic hydroxyl groups is 2. The van der Waals surface area contributed by atoms with Crippen molar-refractivity contribution < 1.29 is 23.7 Å². The molecule has 1 fully saturated rings. The van der Waals surface area contributed by atoms with Crippen molar-refractivity contribution in [3.05, 3.63) is 27.4 Å². The van der Waals surface area contributed by atoms with Crippen molar-refractivity contribution in [1.29, 1.82) is 0 Å². The zero-order chi connectivity index (χ0) is 14.4. The Hall–Kier alpha value is -1.16. The topological polar surface area (TPSA) is 87.5 Å². The number of H-pyrrole nitrogens is 1. The first-order valence-corrected chi connectivity index (χ1v) is 5.79. The van der Waals surface area contributed by atoms with E-state index in [2.05, 4.69) is 4.98 Å². The van der Waals surface area contributed by atoms with E-state index in [1.165, 1.54) is 0 Å². The second kappa shape index (κ2) is 4.44. The average molecular weight is 294 g/mol. The summed E-state index contributed by atoms with van der Waals surface area (Å²) < 4.78 is 34.0. The minimum Gasteiger partial charge on any atom is -0.390 e. The maximum atomic E-state index is 14.4. The molecule has 0 aliphatic carbocycles. The molecule has 0 saturated carbocycles. The number of hydrogen-bond acceptors (Lipinski definition) is 5. The molecule has 1 unspecified atom stereocenters. The largest absolute Gasteiger partial charge is 0.390 e. The minimum absolute atomic E-state index is 0.184. The second-order valence-corrected chi connectivity index (χ2v) is 4.87. The summed E-state index contributed by atoms with van der Waals surface area (Å²) in [6.45, 7) is -0.285. The van der Waals surface area contributed by atoms with Crippen LogP contribution >= 0.6 is 12.2 Å². The van der Waals surface area contributed by atoms with Crippen LogP contribution in [0.15, 0.2) is 17.1 Å². The van der Waals surface area contributed by atoms with Crippen LogP contribution in [0.2, 0.25) is 0 Å². The van der Waals surface area contributed by atoms with E-state index in [0.717, 1.165) is 23.8 Å². The van der Waals surface area contributed by atoms with Crippen molar-refractivity contribution in [3.63, 3.8) is 0 Å². The van der Waals surface area contributed by atoms with E-state index < -0.39 is 36.0 Å². The Morgan fingerprint density at radius 1 is 1.63 bits per heavy atom. The summed E-state index contributed by atoms with van der Waals surface area (Å²) in [5, 5.41) is 18.5. The second-order valence-electron chi connectivity index (χ2n) is 4.49. The molecular weight excluding hydrogens is 282 g/mol. The van der Waals surface area contributed by atoms with Crippen molar-refractivity contribution >= 4 is 12.2 Å². The number of aromatic nitrogens is 2. The molecule has 6 nitrogen and oxygen atoms in total. The Morgan fingerprint density at radius 2 is 2.26 bits per heavy atom. The third-order valence-corrected chi connectivity index (χ3v) is 3.37. The Bertz CT molecular complexity index is 602. The number of aliphatic hydroxyl groups excluding tert-OH is 2. The quantitative estimate of drug-likeness (QED) is 0.677. The van der Waals surface area contributed by atoms with Gasteiger partial charge in [-0.05, 0) is 19.1 Å². The highest BCUT2D eigenvalue weighted by Crippen LogP contribution is 2.47. The maximum Gasteiger partial charge on any atom is 0.263 e. The van der Waals surface area contributed by atoms with E-state index in [0.29, 0.717) is 0 Å². The third kappa shape index (κ3) is 2.12.